The van der Waals surface area contributed by atoms with Crippen LogP contribution < -0.4 is 0 Å². The Kier molecular flexibility index (Phi) is 3.55. The van der Waals surface area contributed by atoms with Gasteiger partial charge < -0.3 is 5.11 Å². The average molecular weight is 233 g/mol. The Hall–Kier alpha value is -1.00. The van der Waals surface area contributed by atoms with Gasteiger partial charge in [-0.05, 0) is 17.7 Å². The Morgan fingerprint density at radius 3 is 2.71 bits per heavy atom. The molecular weight excluding hydrogens is 224 g/mol. The summed E-state index contributed by atoms with van der Waals surface area (Å²) in [5, 5.41) is 9.09. The molecular formula is C9H9ClO3S. The number of aromatic hydroxyl groups is 1. The second-order valence-corrected chi connectivity index (χ2v) is 5.52. The van der Waals surface area contributed by atoms with Gasteiger partial charge in [0.05, 0.1) is 5.75 Å². The second-order valence-electron chi connectivity index (χ2n) is 2.70. The van der Waals surface area contributed by atoms with Gasteiger partial charge in [-0.2, -0.15) is 0 Å². The summed E-state index contributed by atoms with van der Waals surface area (Å²) in [7, 11) is 1.52. The van der Waals surface area contributed by atoms with E-state index in [4.69, 9.17) is 15.8 Å². The van der Waals surface area contributed by atoms with Crippen LogP contribution in [0.1, 0.15) is 5.56 Å². The molecule has 0 bridgehead atoms. The minimum Gasteiger partial charge on any atom is -0.508 e. The van der Waals surface area contributed by atoms with E-state index in [0.29, 0.717) is 0 Å². The Labute approximate surface area is 87.1 Å². The molecule has 1 aromatic carbocycles. The van der Waals surface area contributed by atoms with Crippen molar-refractivity contribution in [2.75, 3.05) is 5.75 Å². The highest BCUT2D eigenvalue weighted by atomic mass is 35.7. The van der Waals surface area contributed by atoms with Gasteiger partial charge in [0.25, 0.3) is 0 Å². The van der Waals surface area contributed by atoms with Crippen LogP contribution in [-0.2, 0) is 9.05 Å². The quantitative estimate of drug-likeness (QED) is 0.811. The van der Waals surface area contributed by atoms with Crippen molar-refractivity contribution in [3.63, 3.8) is 0 Å². The van der Waals surface area contributed by atoms with Gasteiger partial charge in [-0.25, -0.2) is 8.42 Å². The molecule has 0 amide bonds. The van der Waals surface area contributed by atoms with Gasteiger partial charge in [0.2, 0.25) is 9.05 Å². The van der Waals surface area contributed by atoms with Crippen LogP contribution in [0.15, 0.2) is 30.3 Å². The summed E-state index contributed by atoms with van der Waals surface area (Å²) < 4.78 is 21.1. The van der Waals surface area contributed by atoms with Gasteiger partial charge in [0, 0.05) is 10.7 Å². The lowest BCUT2D eigenvalue weighted by atomic mass is 10.2. The fourth-order valence-electron chi connectivity index (χ4n) is 0.928. The normalized spacial score (nSPS) is 12.1. The van der Waals surface area contributed by atoms with Crippen molar-refractivity contribution >= 4 is 25.8 Å². The Morgan fingerprint density at radius 2 is 2.14 bits per heavy atom. The average Bonchev–Trinajstić information content (AvgIpc) is 2.01. The molecule has 0 spiro atoms. The fraction of sp³-hybridized carbons (Fsp3) is 0.111. The van der Waals surface area contributed by atoms with Crippen molar-refractivity contribution in [1.29, 1.82) is 0 Å². The molecule has 14 heavy (non-hydrogen) atoms. The van der Waals surface area contributed by atoms with E-state index in [-0.39, 0.29) is 11.5 Å². The largest absolute Gasteiger partial charge is 0.508 e. The van der Waals surface area contributed by atoms with Crippen molar-refractivity contribution in [1.82, 2.24) is 0 Å². The molecule has 1 N–H and O–H groups in total. The maximum Gasteiger partial charge on any atom is 0.236 e. The minimum atomic E-state index is -3.48. The van der Waals surface area contributed by atoms with E-state index in [1.807, 2.05) is 0 Å². The molecule has 0 aliphatic rings. The molecule has 0 unspecified atom stereocenters. The zero-order valence-corrected chi connectivity index (χ0v) is 8.79. The van der Waals surface area contributed by atoms with Gasteiger partial charge in [0.1, 0.15) is 5.75 Å². The Morgan fingerprint density at radius 1 is 1.43 bits per heavy atom. The van der Waals surface area contributed by atoms with Gasteiger partial charge in [-0.1, -0.05) is 24.3 Å². The van der Waals surface area contributed by atoms with Crippen molar-refractivity contribution < 1.29 is 13.5 Å². The van der Waals surface area contributed by atoms with Crippen molar-refractivity contribution in [2.24, 2.45) is 0 Å². The van der Waals surface area contributed by atoms with E-state index < -0.39 is 9.05 Å². The van der Waals surface area contributed by atoms with Crippen molar-refractivity contribution in [2.45, 2.75) is 0 Å². The van der Waals surface area contributed by atoms with E-state index in [1.54, 1.807) is 18.2 Å². The first-order chi connectivity index (χ1) is 6.47. The molecule has 0 aliphatic carbocycles. The molecule has 1 aromatic rings. The maximum absolute atomic E-state index is 10.6. The van der Waals surface area contributed by atoms with Crippen LogP contribution in [0.3, 0.4) is 0 Å². The zero-order chi connectivity index (χ0) is 10.6. The highest BCUT2D eigenvalue weighted by molar-refractivity contribution is 8.13. The van der Waals surface area contributed by atoms with E-state index in [9.17, 15) is 8.42 Å². The van der Waals surface area contributed by atoms with Gasteiger partial charge in [-0.15, -0.1) is 0 Å². The monoisotopic (exact) mass is 232 g/mol. The first-order valence-electron chi connectivity index (χ1n) is 3.85. The first-order valence-corrected chi connectivity index (χ1v) is 6.33. The standard InChI is InChI=1S/C9H9ClO3S/c10-14(12,13)6-2-4-8-3-1-5-9(11)7-8/h1-5,7,11H,6H2/b4-2+. The number of benzene rings is 1. The topological polar surface area (TPSA) is 54.4 Å². The van der Waals surface area contributed by atoms with Crippen LogP contribution in [0.5, 0.6) is 5.75 Å². The Bertz CT molecular complexity index is 437. The molecule has 5 heteroatoms. The smallest absolute Gasteiger partial charge is 0.236 e. The van der Waals surface area contributed by atoms with Crippen molar-refractivity contribution in [3.8, 4) is 5.75 Å². The number of hydrogen-bond donors (Lipinski definition) is 1. The van der Waals surface area contributed by atoms with Crippen LogP contribution in [0.2, 0.25) is 0 Å². The number of rotatable bonds is 3. The zero-order valence-electron chi connectivity index (χ0n) is 7.22. The summed E-state index contributed by atoms with van der Waals surface area (Å²) >= 11 is 0. The number of hydrogen-bond acceptors (Lipinski definition) is 3. The van der Waals surface area contributed by atoms with E-state index >= 15 is 0 Å². The van der Waals surface area contributed by atoms with Crippen LogP contribution >= 0.6 is 10.7 Å². The second kappa shape index (κ2) is 4.48. The van der Waals surface area contributed by atoms with Crippen LogP contribution in [-0.4, -0.2) is 19.3 Å². The number of phenols is 1. The molecule has 76 valence electrons. The highest BCUT2D eigenvalue weighted by Gasteiger charge is 1.99. The summed E-state index contributed by atoms with van der Waals surface area (Å²) in [6.45, 7) is 0. The van der Waals surface area contributed by atoms with Gasteiger partial charge >= 0.3 is 0 Å². The maximum atomic E-state index is 10.6. The predicted octanol–water partition coefficient (Wildman–Crippen LogP) is 1.97. The summed E-state index contributed by atoms with van der Waals surface area (Å²) in [4.78, 5) is 0. The summed E-state index contributed by atoms with van der Waals surface area (Å²) in [6, 6.07) is 6.48. The number of halogens is 1. The molecule has 0 radical (unpaired) electrons. The molecule has 0 saturated heterocycles. The molecule has 0 saturated carbocycles. The Balaban J connectivity index is 2.70. The van der Waals surface area contributed by atoms with E-state index in [1.165, 1.54) is 18.2 Å². The third-order valence-corrected chi connectivity index (χ3v) is 2.44. The van der Waals surface area contributed by atoms with E-state index in [0.717, 1.165) is 5.56 Å². The lowest BCUT2D eigenvalue weighted by Crippen LogP contribution is -1.91. The van der Waals surface area contributed by atoms with E-state index in [2.05, 4.69) is 0 Å². The third kappa shape index (κ3) is 4.30. The first kappa shape index (κ1) is 11.1. The molecule has 3 nitrogen and oxygen atoms in total. The van der Waals surface area contributed by atoms with Crippen LogP contribution in [0.25, 0.3) is 6.08 Å². The third-order valence-electron chi connectivity index (χ3n) is 1.48. The molecule has 0 atom stereocenters. The highest BCUT2D eigenvalue weighted by Crippen LogP contribution is 2.12. The summed E-state index contributed by atoms with van der Waals surface area (Å²) in [5.74, 6) is -0.0783. The molecule has 0 aliphatic heterocycles. The van der Waals surface area contributed by atoms with Gasteiger partial charge in [-0.3, -0.25) is 0 Å². The molecule has 0 aromatic heterocycles. The predicted molar refractivity (Wildman–Crippen MR) is 56.8 cm³/mol. The lowest BCUT2D eigenvalue weighted by molar-refractivity contribution is 0.475. The molecule has 0 heterocycles. The molecule has 1 rings (SSSR count). The lowest BCUT2D eigenvalue weighted by Gasteiger charge is -1.93. The van der Waals surface area contributed by atoms with Gasteiger partial charge in [0.15, 0.2) is 0 Å². The van der Waals surface area contributed by atoms with Crippen LogP contribution in [0, 0.1) is 0 Å². The minimum absolute atomic E-state index is 0.140. The number of phenolic OH excluding ortho intramolecular Hbond substituents is 1. The fourth-order valence-corrected chi connectivity index (χ4v) is 1.47. The SMILES string of the molecule is O=S(=O)(Cl)C/C=C/c1cccc(O)c1. The summed E-state index contributed by atoms with van der Waals surface area (Å²) in [6.07, 6.45) is 3.01. The van der Waals surface area contributed by atoms with Crippen molar-refractivity contribution in [3.05, 3.63) is 35.9 Å². The van der Waals surface area contributed by atoms with Crippen LogP contribution in [0.4, 0.5) is 0 Å². The summed E-state index contributed by atoms with van der Waals surface area (Å²) in [5.41, 5.74) is 0.727. The molecule has 0 fully saturated rings.